The minimum Gasteiger partial charge on any atom is -0.507 e. The van der Waals surface area contributed by atoms with Crippen molar-refractivity contribution in [2.75, 3.05) is 0 Å². The van der Waals surface area contributed by atoms with Crippen LogP contribution in [0.15, 0.2) is 24.3 Å². The van der Waals surface area contributed by atoms with E-state index in [0.29, 0.717) is 17.7 Å². The third-order valence-corrected chi connectivity index (χ3v) is 5.65. The standard InChI is InChI=1S/C27H44O3/c1-8-21(28)16-14-12-10-9-11-13-15-17-24(29)20-18-22(26(2,3)4)25(30)23(19-20)27(5,6)7/h13,15,18-19,21,28,30H,8-12,14,16-17H2,1-7H3/b15-13+. The molecule has 0 saturated carbocycles. The van der Waals surface area contributed by atoms with Crippen molar-refractivity contribution < 1.29 is 15.0 Å². The lowest BCUT2D eigenvalue weighted by atomic mass is 9.78. The fourth-order valence-electron chi connectivity index (χ4n) is 3.56. The van der Waals surface area contributed by atoms with Crippen LogP contribution >= 0.6 is 0 Å². The topological polar surface area (TPSA) is 57.5 Å². The molecule has 1 rings (SSSR count). The summed E-state index contributed by atoms with van der Waals surface area (Å²) in [6.45, 7) is 14.4. The smallest absolute Gasteiger partial charge is 0.166 e. The monoisotopic (exact) mass is 416 g/mol. The van der Waals surface area contributed by atoms with E-state index < -0.39 is 0 Å². The lowest BCUT2D eigenvalue weighted by molar-refractivity contribution is 0.0995. The molecule has 3 heteroatoms. The largest absolute Gasteiger partial charge is 0.507 e. The maximum atomic E-state index is 12.8. The van der Waals surface area contributed by atoms with Gasteiger partial charge < -0.3 is 10.2 Å². The Hall–Kier alpha value is -1.61. The molecule has 1 unspecified atom stereocenters. The molecule has 0 aromatic heterocycles. The van der Waals surface area contributed by atoms with Crippen LogP contribution in [-0.4, -0.2) is 22.1 Å². The van der Waals surface area contributed by atoms with E-state index in [0.717, 1.165) is 56.1 Å². The molecular weight excluding hydrogens is 372 g/mol. The first-order valence-corrected chi connectivity index (χ1v) is 11.6. The Labute approximate surface area is 184 Å². The molecule has 30 heavy (non-hydrogen) atoms. The van der Waals surface area contributed by atoms with Crippen LogP contribution in [0.1, 0.15) is 121 Å². The van der Waals surface area contributed by atoms with Gasteiger partial charge >= 0.3 is 0 Å². The van der Waals surface area contributed by atoms with Gasteiger partial charge in [0, 0.05) is 23.1 Å². The summed E-state index contributed by atoms with van der Waals surface area (Å²) in [5, 5.41) is 20.4. The Kier molecular flexibility index (Phi) is 10.3. The lowest BCUT2D eigenvalue weighted by Gasteiger charge is -2.28. The molecule has 0 spiro atoms. The number of Topliss-reactive ketones (excluding diaryl/α,β-unsaturated/α-hetero) is 1. The number of hydrogen-bond donors (Lipinski definition) is 2. The molecule has 3 nitrogen and oxygen atoms in total. The van der Waals surface area contributed by atoms with Crippen LogP contribution in [0.3, 0.4) is 0 Å². The van der Waals surface area contributed by atoms with Gasteiger partial charge in [0.15, 0.2) is 5.78 Å². The molecule has 0 aliphatic heterocycles. The molecule has 0 aliphatic carbocycles. The van der Waals surface area contributed by atoms with Crippen molar-refractivity contribution in [3.8, 4) is 5.75 Å². The Morgan fingerprint density at radius 3 is 1.97 bits per heavy atom. The summed E-state index contributed by atoms with van der Waals surface area (Å²) >= 11 is 0. The number of carbonyl (C=O) groups excluding carboxylic acids is 1. The highest BCUT2D eigenvalue weighted by molar-refractivity contribution is 5.97. The predicted molar refractivity (Wildman–Crippen MR) is 128 cm³/mol. The van der Waals surface area contributed by atoms with Crippen LogP contribution < -0.4 is 0 Å². The molecule has 0 aliphatic rings. The number of ketones is 1. The first-order valence-electron chi connectivity index (χ1n) is 11.6. The maximum absolute atomic E-state index is 12.8. The van der Waals surface area contributed by atoms with Crippen molar-refractivity contribution in [3.05, 3.63) is 41.0 Å². The molecule has 0 radical (unpaired) electrons. The van der Waals surface area contributed by atoms with Gasteiger partial charge in [-0.2, -0.15) is 0 Å². The second-order valence-corrected chi connectivity index (χ2v) is 10.6. The summed E-state index contributed by atoms with van der Waals surface area (Å²) in [5.41, 5.74) is 1.87. The highest BCUT2D eigenvalue weighted by atomic mass is 16.3. The minimum absolute atomic E-state index is 0.0933. The zero-order valence-corrected chi connectivity index (χ0v) is 20.3. The Balaban J connectivity index is 2.66. The Morgan fingerprint density at radius 1 is 0.933 bits per heavy atom. The van der Waals surface area contributed by atoms with E-state index in [4.69, 9.17) is 0 Å². The number of unbranched alkanes of at least 4 members (excludes halogenated alkanes) is 4. The van der Waals surface area contributed by atoms with Gasteiger partial charge in [-0.15, -0.1) is 0 Å². The molecule has 1 aromatic carbocycles. The van der Waals surface area contributed by atoms with E-state index in [-0.39, 0.29) is 22.7 Å². The molecule has 170 valence electrons. The number of aromatic hydroxyl groups is 1. The summed E-state index contributed by atoms with van der Waals surface area (Å²) in [6, 6.07) is 3.73. The van der Waals surface area contributed by atoms with E-state index in [2.05, 4.69) is 47.6 Å². The molecule has 0 amide bonds. The second-order valence-electron chi connectivity index (χ2n) is 10.6. The van der Waals surface area contributed by atoms with Gasteiger partial charge in [-0.1, -0.05) is 79.9 Å². The normalized spacial score (nSPS) is 13.7. The average molecular weight is 417 g/mol. The van der Waals surface area contributed by atoms with Crippen LogP contribution in [0.4, 0.5) is 0 Å². The van der Waals surface area contributed by atoms with E-state index >= 15 is 0 Å². The third-order valence-electron chi connectivity index (χ3n) is 5.65. The van der Waals surface area contributed by atoms with Gasteiger partial charge in [-0.25, -0.2) is 0 Å². The van der Waals surface area contributed by atoms with Crippen LogP contribution in [0.25, 0.3) is 0 Å². The number of allylic oxidation sites excluding steroid dienone is 2. The summed E-state index contributed by atoms with van der Waals surface area (Å²) in [6.07, 6.45) is 11.6. The summed E-state index contributed by atoms with van der Waals surface area (Å²) in [4.78, 5) is 12.8. The van der Waals surface area contributed by atoms with Crippen molar-refractivity contribution in [2.24, 2.45) is 0 Å². The van der Waals surface area contributed by atoms with Gasteiger partial charge in [-0.3, -0.25) is 4.79 Å². The molecular formula is C27H44O3. The van der Waals surface area contributed by atoms with Crippen molar-refractivity contribution in [1.29, 1.82) is 0 Å². The number of aliphatic hydroxyl groups is 1. The molecule has 0 heterocycles. The zero-order valence-electron chi connectivity index (χ0n) is 20.3. The fourth-order valence-corrected chi connectivity index (χ4v) is 3.56. The van der Waals surface area contributed by atoms with E-state index in [1.807, 2.05) is 25.1 Å². The van der Waals surface area contributed by atoms with Crippen LogP contribution in [0, 0.1) is 0 Å². The van der Waals surface area contributed by atoms with E-state index in [9.17, 15) is 15.0 Å². The highest BCUT2D eigenvalue weighted by Crippen LogP contribution is 2.40. The number of hydrogen-bond acceptors (Lipinski definition) is 3. The van der Waals surface area contributed by atoms with Gasteiger partial charge in [0.05, 0.1) is 6.10 Å². The molecule has 1 aromatic rings. The van der Waals surface area contributed by atoms with Gasteiger partial charge in [0.2, 0.25) is 0 Å². The van der Waals surface area contributed by atoms with Gasteiger partial charge in [-0.05, 0) is 48.6 Å². The lowest BCUT2D eigenvalue weighted by Crippen LogP contribution is -2.18. The van der Waals surface area contributed by atoms with Gasteiger partial charge in [0.25, 0.3) is 0 Å². The number of aliphatic hydroxyl groups excluding tert-OH is 1. The number of phenols is 1. The molecule has 0 fully saturated rings. The molecule has 2 N–H and O–H groups in total. The van der Waals surface area contributed by atoms with Crippen molar-refractivity contribution in [3.63, 3.8) is 0 Å². The SMILES string of the molecule is CCC(O)CCCCCC/C=C/CC(=O)c1cc(C(C)(C)C)c(O)c(C(C)(C)C)c1. The zero-order chi connectivity index (χ0) is 22.9. The second kappa shape index (κ2) is 11.7. The quantitative estimate of drug-likeness (QED) is 0.227. The summed E-state index contributed by atoms with van der Waals surface area (Å²) < 4.78 is 0. The van der Waals surface area contributed by atoms with Crippen molar-refractivity contribution in [2.45, 2.75) is 117 Å². The van der Waals surface area contributed by atoms with Crippen LogP contribution in [-0.2, 0) is 10.8 Å². The van der Waals surface area contributed by atoms with Crippen molar-refractivity contribution >= 4 is 5.78 Å². The Morgan fingerprint density at radius 2 is 1.47 bits per heavy atom. The van der Waals surface area contributed by atoms with Crippen LogP contribution in [0.2, 0.25) is 0 Å². The fraction of sp³-hybridized carbons (Fsp3) is 0.667. The van der Waals surface area contributed by atoms with Crippen molar-refractivity contribution in [1.82, 2.24) is 0 Å². The van der Waals surface area contributed by atoms with E-state index in [1.165, 1.54) is 0 Å². The highest BCUT2D eigenvalue weighted by Gasteiger charge is 2.27. The first-order chi connectivity index (χ1) is 13.9. The number of rotatable bonds is 11. The minimum atomic E-state index is -0.233. The average Bonchev–Trinajstić information content (AvgIpc) is 2.64. The summed E-state index contributed by atoms with van der Waals surface area (Å²) in [7, 11) is 0. The molecule has 1 atom stereocenters. The maximum Gasteiger partial charge on any atom is 0.166 e. The number of carbonyl (C=O) groups is 1. The van der Waals surface area contributed by atoms with E-state index in [1.54, 1.807) is 0 Å². The predicted octanol–water partition coefficient (Wildman–Crippen LogP) is 7.23. The number of phenolic OH excluding ortho intramolecular Hbond substituents is 1. The third kappa shape index (κ3) is 8.63. The molecule has 0 saturated heterocycles. The summed E-state index contributed by atoms with van der Waals surface area (Å²) in [5.74, 6) is 0.407. The molecule has 0 bridgehead atoms. The van der Waals surface area contributed by atoms with Gasteiger partial charge in [0.1, 0.15) is 5.75 Å². The Bertz CT molecular complexity index is 667. The van der Waals surface area contributed by atoms with Crippen LogP contribution in [0.5, 0.6) is 5.75 Å². The number of benzene rings is 1. The first kappa shape index (κ1) is 26.4.